The van der Waals surface area contributed by atoms with Gasteiger partial charge in [-0.05, 0) is 36.2 Å². The van der Waals surface area contributed by atoms with Crippen molar-refractivity contribution in [3.05, 3.63) is 64.3 Å². The summed E-state index contributed by atoms with van der Waals surface area (Å²) in [7, 11) is 3.39. The number of benzene rings is 2. The molecular formula is C18H18FN3O2. The van der Waals surface area contributed by atoms with Crippen molar-refractivity contribution in [3.63, 3.8) is 0 Å². The van der Waals surface area contributed by atoms with Crippen LogP contribution >= 0.6 is 0 Å². The van der Waals surface area contributed by atoms with Gasteiger partial charge in [-0.1, -0.05) is 18.2 Å². The van der Waals surface area contributed by atoms with Crippen LogP contribution in [-0.2, 0) is 25.3 Å². The third-order valence-corrected chi connectivity index (χ3v) is 4.13. The van der Waals surface area contributed by atoms with Gasteiger partial charge in [0, 0.05) is 26.2 Å². The minimum atomic E-state index is -0.300. The van der Waals surface area contributed by atoms with Crippen molar-refractivity contribution in [2.75, 3.05) is 5.32 Å². The molecule has 0 radical (unpaired) electrons. The van der Waals surface area contributed by atoms with Gasteiger partial charge in [0.1, 0.15) is 5.82 Å². The Bertz CT molecular complexity index is 972. The summed E-state index contributed by atoms with van der Waals surface area (Å²) in [5.74, 6) is -0.496. The summed E-state index contributed by atoms with van der Waals surface area (Å²) < 4.78 is 16.6. The highest BCUT2D eigenvalue weighted by Crippen LogP contribution is 2.18. The number of halogens is 1. The van der Waals surface area contributed by atoms with Gasteiger partial charge in [-0.2, -0.15) is 0 Å². The minimum absolute atomic E-state index is 0.118. The summed E-state index contributed by atoms with van der Waals surface area (Å²) in [6.45, 7) is 0. The molecule has 6 heteroatoms. The number of aromatic nitrogens is 2. The average Bonchev–Trinajstić information content (AvgIpc) is 2.78. The van der Waals surface area contributed by atoms with E-state index in [9.17, 15) is 14.0 Å². The lowest BCUT2D eigenvalue weighted by Crippen LogP contribution is -2.19. The van der Waals surface area contributed by atoms with Gasteiger partial charge < -0.3 is 5.32 Å². The fourth-order valence-corrected chi connectivity index (χ4v) is 2.76. The summed E-state index contributed by atoms with van der Waals surface area (Å²) in [4.78, 5) is 24.0. The van der Waals surface area contributed by atoms with Crippen molar-refractivity contribution in [1.82, 2.24) is 9.13 Å². The second kappa shape index (κ2) is 6.31. The molecule has 1 amide bonds. The number of anilines is 1. The summed E-state index contributed by atoms with van der Waals surface area (Å²) in [6.07, 6.45) is 0.525. The highest BCUT2D eigenvalue weighted by molar-refractivity contribution is 5.93. The largest absolute Gasteiger partial charge is 0.328 e. The first kappa shape index (κ1) is 16.0. The van der Waals surface area contributed by atoms with Crippen LogP contribution in [0.4, 0.5) is 10.1 Å². The van der Waals surface area contributed by atoms with E-state index in [4.69, 9.17) is 0 Å². The van der Waals surface area contributed by atoms with E-state index in [1.54, 1.807) is 55.1 Å². The molecule has 0 spiro atoms. The van der Waals surface area contributed by atoms with Crippen LogP contribution in [-0.4, -0.2) is 15.0 Å². The summed E-state index contributed by atoms with van der Waals surface area (Å²) in [5, 5.41) is 2.79. The van der Waals surface area contributed by atoms with Gasteiger partial charge in [0.15, 0.2) is 0 Å². The first-order valence-corrected chi connectivity index (χ1v) is 7.66. The Hall–Kier alpha value is -2.89. The number of nitrogens with one attached hydrogen (secondary N) is 1. The van der Waals surface area contributed by atoms with Crippen molar-refractivity contribution >= 4 is 22.6 Å². The molecular weight excluding hydrogens is 309 g/mol. The Balaban J connectivity index is 1.73. The zero-order valence-electron chi connectivity index (χ0n) is 13.5. The number of nitrogens with zero attached hydrogens (tertiary/aromatic N) is 2. The molecule has 0 saturated carbocycles. The number of hydrogen-bond acceptors (Lipinski definition) is 2. The van der Waals surface area contributed by atoms with E-state index in [2.05, 4.69) is 5.32 Å². The van der Waals surface area contributed by atoms with Crippen LogP contribution in [0.1, 0.15) is 12.0 Å². The maximum absolute atomic E-state index is 13.6. The summed E-state index contributed by atoms with van der Waals surface area (Å²) in [5.41, 5.74) is 2.56. The quantitative estimate of drug-likeness (QED) is 0.801. The standard InChI is InChI=1S/C18H18FN3O2/c1-21-15-9-8-13(11-16(15)22(2)18(21)24)20-17(23)10-7-12-5-3-4-6-14(12)19/h3-6,8-9,11H,7,10H2,1-2H3,(H,20,23). The second-order valence-electron chi connectivity index (χ2n) is 5.74. The van der Waals surface area contributed by atoms with E-state index in [0.29, 0.717) is 17.7 Å². The van der Waals surface area contributed by atoms with E-state index in [0.717, 1.165) is 11.0 Å². The average molecular weight is 327 g/mol. The number of carbonyl (C=O) groups is 1. The Morgan fingerprint density at radius 3 is 2.54 bits per heavy atom. The number of rotatable bonds is 4. The fraction of sp³-hybridized carbons (Fsp3) is 0.222. The Morgan fingerprint density at radius 1 is 1.08 bits per heavy atom. The first-order valence-electron chi connectivity index (χ1n) is 7.66. The summed E-state index contributed by atoms with van der Waals surface area (Å²) in [6, 6.07) is 11.7. The molecule has 0 atom stereocenters. The van der Waals surface area contributed by atoms with E-state index in [-0.39, 0.29) is 23.8 Å². The molecule has 0 aliphatic heterocycles. The van der Waals surface area contributed by atoms with Crippen LogP contribution < -0.4 is 11.0 Å². The number of carbonyl (C=O) groups excluding carboxylic acids is 1. The summed E-state index contributed by atoms with van der Waals surface area (Å²) >= 11 is 0. The van der Waals surface area contributed by atoms with E-state index in [1.165, 1.54) is 10.6 Å². The van der Waals surface area contributed by atoms with Crippen LogP contribution in [0.25, 0.3) is 11.0 Å². The van der Waals surface area contributed by atoms with Gasteiger partial charge in [0.05, 0.1) is 11.0 Å². The SMILES string of the molecule is Cn1c(=O)n(C)c2cc(NC(=O)CCc3ccccc3F)ccc21. The van der Waals surface area contributed by atoms with Gasteiger partial charge in [0.25, 0.3) is 0 Å². The molecule has 3 rings (SSSR count). The lowest BCUT2D eigenvalue weighted by Gasteiger charge is -2.07. The molecule has 2 aromatic carbocycles. The zero-order chi connectivity index (χ0) is 17.3. The second-order valence-corrected chi connectivity index (χ2v) is 5.74. The maximum Gasteiger partial charge on any atom is 0.328 e. The molecule has 3 aromatic rings. The highest BCUT2D eigenvalue weighted by Gasteiger charge is 2.10. The lowest BCUT2D eigenvalue weighted by atomic mass is 10.1. The van der Waals surface area contributed by atoms with Crippen molar-refractivity contribution in [2.45, 2.75) is 12.8 Å². The molecule has 0 fully saturated rings. The molecule has 0 saturated heterocycles. The van der Waals surface area contributed by atoms with Crippen LogP contribution in [0, 0.1) is 5.82 Å². The smallest absolute Gasteiger partial charge is 0.326 e. The number of aryl methyl sites for hydroxylation is 3. The monoisotopic (exact) mass is 327 g/mol. The van der Waals surface area contributed by atoms with Gasteiger partial charge in [-0.3, -0.25) is 13.9 Å². The fourth-order valence-electron chi connectivity index (χ4n) is 2.76. The molecule has 0 aliphatic carbocycles. The molecule has 24 heavy (non-hydrogen) atoms. The molecule has 0 unspecified atom stereocenters. The Morgan fingerprint density at radius 2 is 1.79 bits per heavy atom. The lowest BCUT2D eigenvalue weighted by molar-refractivity contribution is -0.116. The zero-order valence-corrected chi connectivity index (χ0v) is 13.5. The molecule has 1 heterocycles. The number of imidazole rings is 1. The van der Waals surface area contributed by atoms with Crippen molar-refractivity contribution in [3.8, 4) is 0 Å². The predicted octanol–water partition coefficient (Wildman–Crippen LogP) is 2.59. The normalized spacial score (nSPS) is 11.0. The number of amides is 1. The van der Waals surface area contributed by atoms with E-state index >= 15 is 0 Å². The molecule has 0 aliphatic rings. The van der Waals surface area contributed by atoms with Crippen molar-refractivity contribution in [2.24, 2.45) is 14.1 Å². The maximum atomic E-state index is 13.6. The predicted molar refractivity (Wildman–Crippen MR) is 91.5 cm³/mol. The molecule has 5 nitrogen and oxygen atoms in total. The first-order chi connectivity index (χ1) is 11.5. The van der Waals surface area contributed by atoms with Crippen LogP contribution in [0.3, 0.4) is 0 Å². The third kappa shape index (κ3) is 2.95. The number of fused-ring (bicyclic) bond motifs is 1. The minimum Gasteiger partial charge on any atom is -0.326 e. The molecule has 1 N–H and O–H groups in total. The van der Waals surface area contributed by atoms with Crippen LogP contribution in [0.5, 0.6) is 0 Å². The van der Waals surface area contributed by atoms with E-state index in [1.807, 2.05) is 0 Å². The topological polar surface area (TPSA) is 56.0 Å². The van der Waals surface area contributed by atoms with Gasteiger partial charge in [0.2, 0.25) is 5.91 Å². The van der Waals surface area contributed by atoms with Crippen LogP contribution in [0.2, 0.25) is 0 Å². The van der Waals surface area contributed by atoms with Gasteiger partial charge >= 0.3 is 5.69 Å². The molecule has 0 bridgehead atoms. The van der Waals surface area contributed by atoms with Crippen molar-refractivity contribution < 1.29 is 9.18 Å². The van der Waals surface area contributed by atoms with Crippen LogP contribution in [0.15, 0.2) is 47.3 Å². The third-order valence-electron chi connectivity index (χ3n) is 4.13. The molecule has 124 valence electrons. The van der Waals surface area contributed by atoms with Gasteiger partial charge in [-0.15, -0.1) is 0 Å². The molecule has 1 aromatic heterocycles. The number of hydrogen-bond donors (Lipinski definition) is 1. The van der Waals surface area contributed by atoms with Gasteiger partial charge in [-0.25, -0.2) is 9.18 Å². The highest BCUT2D eigenvalue weighted by atomic mass is 19.1. The van der Waals surface area contributed by atoms with Crippen molar-refractivity contribution in [1.29, 1.82) is 0 Å². The Kier molecular flexibility index (Phi) is 4.20. The Labute approximate surface area is 138 Å². The van der Waals surface area contributed by atoms with E-state index < -0.39 is 0 Å².